The van der Waals surface area contributed by atoms with Crippen molar-refractivity contribution < 1.29 is 14.4 Å². The number of hydrogen-bond acceptors (Lipinski definition) is 6. The maximum Gasteiger partial charge on any atom is 0.243 e. The lowest BCUT2D eigenvalue weighted by Gasteiger charge is -2.44. The van der Waals surface area contributed by atoms with Crippen molar-refractivity contribution in [2.45, 2.75) is 49.1 Å². The molecule has 1 unspecified atom stereocenters. The zero-order chi connectivity index (χ0) is 18.0. The van der Waals surface area contributed by atoms with Crippen molar-refractivity contribution in [3.63, 3.8) is 0 Å². The largest absolute Gasteiger partial charge is 0.352 e. The summed E-state index contributed by atoms with van der Waals surface area (Å²) >= 11 is 4.36. The molecule has 0 aromatic carbocycles. The second kappa shape index (κ2) is 7.51. The number of amides is 3. The van der Waals surface area contributed by atoms with E-state index in [0.29, 0.717) is 39.0 Å². The van der Waals surface area contributed by atoms with Gasteiger partial charge in [-0.05, 0) is 19.3 Å². The molecule has 3 aliphatic rings. The van der Waals surface area contributed by atoms with Gasteiger partial charge < -0.3 is 20.9 Å². The molecule has 0 saturated carbocycles. The number of fused-ring (bicyclic) bond motifs is 1. The molecule has 1 spiro atoms. The predicted molar refractivity (Wildman–Crippen MR) is 96.3 cm³/mol. The van der Waals surface area contributed by atoms with Crippen molar-refractivity contribution in [2.24, 2.45) is 0 Å². The average Bonchev–Trinajstić information content (AvgIpc) is 3.00. The highest BCUT2D eigenvalue weighted by atomic mass is 32.1. The van der Waals surface area contributed by atoms with Crippen LogP contribution >= 0.6 is 12.6 Å². The molecule has 3 fully saturated rings. The SMILES string of the molecule is CC(S)C[C@@H]1NC(=O)[C@@H]2CCCN2C(=O)CNC2(CNC2)CNC1=O. The maximum absolute atomic E-state index is 12.6. The molecule has 25 heavy (non-hydrogen) atoms. The molecule has 140 valence electrons. The summed E-state index contributed by atoms with van der Waals surface area (Å²) in [7, 11) is 0. The van der Waals surface area contributed by atoms with Gasteiger partial charge in [0.05, 0.1) is 12.1 Å². The van der Waals surface area contributed by atoms with E-state index >= 15 is 0 Å². The third kappa shape index (κ3) is 4.09. The molecule has 0 bridgehead atoms. The van der Waals surface area contributed by atoms with Crippen LogP contribution in [0.25, 0.3) is 0 Å². The minimum Gasteiger partial charge on any atom is -0.352 e. The van der Waals surface area contributed by atoms with Gasteiger partial charge in [0.15, 0.2) is 0 Å². The third-order valence-electron chi connectivity index (χ3n) is 5.23. The second-order valence-electron chi connectivity index (χ2n) is 7.35. The fraction of sp³-hybridized carbons (Fsp3) is 0.812. The fourth-order valence-corrected chi connectivity index (χ4v) is 3.87. The molecule has 0 aromatic rings. The number of nitrogens with zero attached hydrogens (tertiary/aromatic N) is 1. The molecule has 0 radical (unpaired) electrons. The Morgan fingerprint density at radius 1 is 1.24 bits per heavy atom. The molecule has 3 aliphatic heterocycles. The highest BCUT2D eigenvalue weighted by Crippen LogP contribution is 2.19. The third-order valence-corrected chi connectivity index (χ3v) is 5.44. The van der Waals surface area contributed by atoms with E-state index in [0.717, 1.165) is 6.42 Å². The monoisotopic (exact) mass is 369 g/mol. The van der Waals surface area contributed by atoms with Crippen LogP contribution in [0.2, 0.25) is 0 Å². The van der Waals surface area contributed by atoms with Crippen LogP contribution in [0.15, 0.2) is 0 Å². The first-order valence-electron chi connectivity index (χ1n) is 8.92. The van der Waals surface area contributed by atoms with Crippen molar-refractivity contribution in [1.29, 1.82) is 0 Å². The summed E-state index contributed by atoms with van der Waals surface area (Å²) in [6, 6.07) is -1.13. The average molecular weight is 369 g/mol. The lowest BCUT2D eigenvalue weighted by atomic mass is 9.91. The lowest BCUT2D eigenvalue weighted by Crippen LogP contribution is -2.73. The van der Waals surface area contributed by atoms with Crippen molar-refractivity contribution in [1.82, 2.24) is 26.2 Å². The molecule has 0 aromatic heterocycles. The molecule has 3 heterocycles. The van der Waals surface area contributed by atoms with Gasteiger partial charge >= 0.3 is 0 Å². The molecular formula is C16H27N5O3S. The van der Waals surface area contributed by atoms with Gasteiger partial charge in [-0.1, -0.05) is 6.92 Å². The van der Waals surface area contributed by atoms with Gasteiger partial charge in [0.1, 0.15) is 12.1 Å². The van der Waals surface area contributed by atoms with Gasteiger partial charge in [-0.15, -0.1) is 0 Å². The van der Waals surface area contributed by atoms with E-state index in [1.54, 1.807) is 4.90 Å². The first kappa shape index (κ1) is 18.5. The van der Waals surface area contributed by atoms with Gasteiger partial charge in [0.25, 0.3) is 0 Å². The summed E-state index contributed by atoms with van der Waals surface area (Å²) in [5, 5.41) is 12.2. The number of carbonyl (C=O) groups excluding carboxylic acids is 3. The first-order chi connectivity index (χ1) is 11.9. The Labute approximate surface area is 153 Å². The summed E-state index contributed by atoms with van der Waals surface area (Å²) < 4.78 is 0. The summed E-state index contributed by atoms with van der Waals surface area (Å²) in [4.78, 5) is 39.5. The smallest absolute Gasteiger partial charge is 0.243 e. The topological polar surface area (TPSA) is 103 Å². The number of carbonyl (C=O) groups is 3. The molecule has 3 atom stereocenters. The van der Waals surface area contributed by atoms with Crippen molar-refractivity contribution in [2.75, 3.05) is 32.7 Å². The van der Waals surface area contributed by atoms with Gasteiger partial charge in [-0.25, -0.2) is 0 Å². The summed E-state index contributed by atoms with van der Waals surface area (Å²) in [5.74, 6) is -0.505. The van der Waals surface area contributed by atoms with Crippen LogP contribution in [0, 0.1) is 0 Å². The molecule has 3 amide bonds. The zero-order valence-electron chi connectivity index (χ0n) is 14.5. The molecule has 4 N–H and O–H groups in total. The molecule has 9 heteroatoms. The highest BCUT2D eigenvalue weighted by Gasteiger charge is 2.41. The molecular weight excluding hydrogens is 342 g/mol. The maximum atomic E-state index is 12.6. The van der Waals surface area contributed by atoms with Gasteiger partial charge in [0, 0.05) is 31.4 Å². The van der Waals surface area contributed by atoms with Crippen LogP contribution in [-0.4, -0.2) is 78.2 Å². The Morgan fingerprint density at radius 2 is 2.00 bits per heavy atom. The van der Waals surface area contributed by atoms with Crippen LogP contribution in [0.3, 0.4) is 0 Å². The van der Waals surface area contributed by atoms with Crippen LogP contribution in [0.5, 0.6) is 0 Å². The second-order valence-corrected chi connectivity index (χ2v) is 8.23. The van der Waals surface area contributed by atoms with E-state index in [4.69, 9.17) is 0 Å². The van der Waals surface area contributed by atoms with E-state index in [9.17, 15) is 14.4 Å². The van der Waals surface area contributed by atoms with E-state index in [1.807, 2.05) is 6.92 Å². The van der Waals surface area contributed by atoms with E-state index in [2.05, 4.69) is 33.9 Å². The number of nitrogens with one attached hydrogen (secondary N) is 4. The predicted octanol–water partition coefficient (Wildman–Crippen LogP) is -1.77. The molecule has 3 rings (SSSR count). The van der Waals surface area contributed by atoms with Crippen LogP contribution in [-0.2, 0) is 14.4 Å². The highest BCUT2D eigenvalue weighted by molar-refractivity contribution is 7.80. The zero-order valence-corrected chi connectivity index (χ0v) is 15.4. The quantitative estimate of drug-likeness (QED) is 0.371. The minimum atomic E-state index is -0.637. The van der Waals surface area contributed by atoms with Gasteiger partial charge in [-0.3, -0.25) is 19.7 Å². The Hall–Kier alpha value is -1.32. The standard InChI is InChI=1S/C16H27N5O3S/c1-10(25)5-11-14(23)18-9-16(7-17-8-16)19-6-13(22)21-4-2-3-12(21)15(24)20-11/h10-12,17,19,25H,2-9H2,1H3,(H,18,23)(H,20,24)/t10?,11-,12-/m0/s1. The van der Waals surface area contributed by atoms with Crippen LogP contribution in [0.1, 0.15) is 26.2 Å². The minimum absolute atomic E-state index is 0.0253. The van der Waals surface area contributed by atoms with Crippen molar-refractivity contribution >= 4 is 30.4 Å². The van der Waals surface area contributed by atoms with E-state index in [1.165, 1.54) is 0 Å². The van der Waals surface area contributed by atoms with E-state index in [-0.39, 0.29) is 35.1 Å². The number of thiol groups is 1. The number of hydrogen-bond donors (Lipinski definition) is 5. The summed E-state index contributed by atoms with van der Waals surface area (Å²) in [6.07, 6.45) is 1.88. The van der Waals surface area contributed by atoms with Crippen LogP contribution in [0.4, 0.5) is 0 Å². The Morgan fingerprint density at radius 3 is 2.64 bits per heavy atom. The molecule has 3 saturated heterocycles. The first-order valence-corrected chi connectivity index (χ1v) is 9.43. The van der Waals surface area contributed by atoms with Crippen LogP contribution < -0.4 is 21.3 Å². The summed E-state index contributed by atoms with van der Waals surface area (Å²) in [6.45, 7) is 4.47. The normalized spacial score (nSPS) is 31.3. The fourth-order valence-electron chi connectivity index (χ4n) is 3.66. The Balaban J connectivity index is 1.80. The van der Waals surface area contributed by atoms with Crippen molar-refractivity contribution in [3.8, 4) is 0 Å². The Bertz CT molecular complexity index is 552. The molecule has 0 aliphatic carbocycles. The lowest BCUT2D eigenvalue weighted by molar-refractivity contribution is -0.139. The van der Waals surface area contributed by atoms with Gasteiger partial charge in [0.2, 0.25) is 17.7 Å². The number of rotatable bonds is 2. The van der Waals surface area contributed by atoms with E-state index < -0.39 is 12.1 Å². The van der Waals surface area contributed by atoms with Gasteiger partial charge in [-0.2, -0.15) is 12.6 Å². The summed E-state index contributed by atoms with van der Waals surface area (Å²) in [5.41, 5.74) is -0.305. The van der Waals surface area contributed by atoms with Crippen molar-refractivity contribution in [3.05, 3.63) is 0 Å². The molecule has 8 nitrogen and oxygen atoms in total. The Kier molecular flexibility index (Phi) is 5.55.